The van der Waals surface area contributed by atoms with Gasteiger partial charge in [0.1, 0.15) is 0 Å². The van der Waals surface area contributed by atoms with Gasteiger partial charge in [0.2, 0.25) is 0 Å². The van der Waals surface area contributed by atoms with E-state index in [1.165, 1.54) is 0 Å². The Kier molecular flexibility index (Phi) is 5.16. The van der Waals surface area contributed by atoms with Crippen molar-refractivity contribution in [2.24, 2.45) is 0 Å². The first kappa shape index (κ1) is 10.7. The predicted octanol–water partition coefficient (Wildman–Crippen LogP) is 1.27. The summed E-state index contributed by atoms with van der Waals surface area (Å²) in [5, 5.41) is 9.42. The molecular weight excluding hydrogens is 138 g/mol. The smallest absolute Gasteiger partial charge is 0.0703 e. The normalized spacial score (nSPS) is 13.5. The molecule has 0 rings (SSSR count). The number of hydrogen-bond donors (Lipinski definition) is 1. The Labute approximate surface area is 69.5 Å². The molecule has 1 unspecified atom stereocenters. The number of likely N-dealkylation sites (N-methyl/N-ethyl adjacent to an activating group) is 1. The van der Waals surface area contributed by atoms with Gasteiger partial charge in [0.05, 0.1) is 6.10 Å². The number of aliphatic hydroxyl groups excluding tert-OH is 1. The summed E-state index contributed by atoms with van der Waals surface area (Å²) < 4.78 is 0. The largest absolute Gasteiger partial charge is 0.391 e. The predicted molar refractivity (Wildman–Crippen MR) is 48.6 cm³/mol. The number of nitrogens with zero attached hydrogens (tertiary/aromatic N) is 1. The average molecular weight is 157 g/mol. The molecule has 0 aliphatic carbocycles. The number of hydrogen-bond acceptors (Lipinski definition) is 2. The van der Waals surface area contributed by atoms with E-state index >= 15 is 0 Å². The summed E-state index contributed by atoms with van der Waals surface area (Å²) in [4.78, 5) is 1.98. The lowest BCUT2D eigenvalue weighted by atomic mass is 10.1. The lowest BCUT2D eigenvalue weighted by Crippen LogP contribution is -2.25. The minimum atomic E-state index is -0.252. The molecule has 0 aromatic carbocycles. The zero-order valence-corrected chi connectivity index (χ0v) is 7.80. The monoisotopic (exact) mass is 157 g/mol. The minimum absolute atomic E-state index is 0.252. The van der Waals surface area contributed by atoms with Gasteiger partial charge in [-0.25, -0.2) is 0 Å². The molecule has 0 saturated heterocycles. The Morgan fingerprint density at radius 2 is 2.09 bits per heavy atom. The molecule has 0 aliphatic rings. The van der Waals surface area contributed by atoms with E-state index in [0.717, 1.165) is 25.0 Å². The fraction of sp³-hybridized carbons (Fsp3) is 0.778. The Balaban J connectivity index is 3.51. The first-order valence-corrected chi connectivity index (χ1v) is 4.05. The summed E-state index contributed by atoms with van der Waals surface area (Å²) in [5.41, 5.74) is 1.12. The molecule has 0 heterocycles. The summed E-state index contributed by atoms with van der Waals surface area (Å²) >= 11 is 0. The van der Waals surface area contributed by atoms with Crippen molar-refractivity contribution in [3.63, 3.8) is 0 Å². The molecule has 2 heteroatoms. The molecule has 66 valence electrons. The van der Waals surface area contributed by atoms with Crippen LogP contribution in [0.15, 0.2) is 12.2 Å². The van der Waals surface area contributed by atoms with Crippen molar-refractivity contribution in [3.05, 3.63) is 12.2 Å². The van der Waals surface area contributed by atoms with Gasteiger partial charge in [0.25, 0.3) is 0 Å². The van der Waals surface area contributed by atoms with E-state index in [0.29, 0.717) is 0 Å². The van der Waals surface area contributed by atoms with Gasteiger partial charge in [0.15, 0.2) is 0 Å². The highest BCUT2D eigenvalue weighted by Gasteiger charge is 2.05. The molecule has 0 radical (unpaired) electrons. The topological polar surface area (TPSA) is 23.5 Å². The molecule has 1 atom stereocenters. The molecule has 2 nitrogen and oxygen atoms in total. The maximum atomic E-state index is 9.42. The highest BCUT2D eigenvalue weighted by Crippen LogP contribution is 2.06. The SMILES string of the molecule is C=C(CC)CC(O)CN(C)C. The Bertz CT molecular complexity index is 121. The Morgan fingerprint density at radius 3 is 2.45 bits per heavy atom. The van der Waals surface area contributed by atoms with Gasteiger partial charge in [-0.3, -0.25) is 0 Å². The molecule has 0 bridgehead atoms. The molecule has 1 N–H and O–H groups in total. The van der Waals surface area contributed by atoms with E-state index < -0.39 is 0 Å². The molecule has 0 fully saturated rings. The van der Waals surface area contributed by atoms with Crippen molar-refractivity contribution in [1.29, 1.82) is 0 Å². The van der Waals surface area contributed by atoms with Crippen LogP contribution in [-0.4, -0.2) is 36.8 Å². The summed E-state index contributed by atoms with van der Waals surface area (Å²) in [6, 6.07) is 0. The van der Waals surface area contributed by atoms with Gasteiger partial charge in [-0.15, -0.1) is 0 Å². The number of aliphatic hydroxyl groups is 1. The van der Waals surface area contributed by atoms with Gasteiger partial charge in [-0.1, -0.05) is 19.1 Å². The van der Waals surface area contributed by atoms with Crippen molar-refractivity contribution in [3.8, 4) is 0 Å². The molecule has 11 heavy (non-hydrogen) atoms. The second kappa shape index (κ2) is 5.33. The van der Waals surface area contributed by atoms with Crippen molar-refractivity contribution in [1.82, 2.24) is 4.90 Å². The van der Waals surface area contributed by atoms with Crippen molar-refractivity contribution >= 4 is 0 Å². The summed E-state index contributed by atoms with van der Waals surface area (Å²) in [6.45, 7) is 6.62. The second-order valence-electron chi connectivity index (χ2n) is 3.22. The van der Waals surface area contributed by atoms with Gasteiger partial charge in [-0.2, -0.15) is 0 Å². The maximum Gasteiger partial charge on any atom is 0.0703 e. The fourth-order valence-electron chi connectivity index (χ4n) is 0.964. The van der Waals surface area contributed by atoms with E-state index in [2.05, 4.69) is 13.5 Å². The van der Waals surface area contributed by atoms with Gasteiger partial charge in [0, 0.05) is 6.54 Å². The zero-order chi connectivity index (χ0) is 8.85. The summed E-state index contributed by atoms with van der Waals surface area (Å²) in [6.07, 6.45) is 1.44. The lowest BCUT2D eigenvalue weighted by molar-refractivity contribution is 0.136. The van der Waals surface area contributed by atoms with Crippen LogP contribution < -0.4 is 0 Å². The van der Waals surface area contributed by atoms with Crippen LogP contribution in [0.5, 0.6) is 0 Å². The Morgan fingerprint density at radius 1 is 1.55 bits per heavy atom. The highest BCUT2D eigenvalue weighted by molar-refractivity contribution is 4.94. The van der Waals surface area contributed by atoms with E-state index in [4.69, 9.17) is 0 Å². The average Bonchev–Trinajstić information content (AvgIpc) is 1.85. The highest BCUT2D eigenvalue weighted by atomic mass is 16.3. The van der Waals surface area contributed by atoms with Crippen LogP contribution in [0.1, 0.15) is 19.8 Å². The van der Waals surface area contributed by atoms with Crippen LogP contribution in [0.25, 0.3) is 0 Å². The van der Waals surface area contributed by atoms with Crippen LogP contribution >= 0.6 is 0 Å². The van der Waals surface area contributed by atoms with Crippen molar-refractivity contribution in [2.45, 2.75) is 25.9 Å². The van der Waals surface area contributed by atoms with Crippen molar-refractivity contribution < 1.29 is 5.11 Å². The van der Waals surface area contributed by atoms with Gasteiger partial charge in [-0.05, 0) is 26.9 Å². The van der Waals surface area contributed by atoms with Gasteiger partial charge >= 0.3 is 0 Å². The van der Waals surface area contributed by atoms with Crippen molar-refractivity contribution in [2.75, 3.05) is 20.6 Å². The van der Waals surface area contributed by atoms with Crippen LogP contribution in [0, 0.1) is 0 Å². The standard InChI is InChI=1S/C9H19NO/c1-5-8(2)6-9(11)7-10(3)4/h9,11H,2,5-7H2,1,3-4H3. The molecule has 0 aromatic rings. The zero-order valence-electron chi connectivity index (χ0n) is 7.80. The van der Waals surface area contributed by atoms with Crippen LogP contribution in [-0.2, 0) is 0 Å². The molecular formula is C9H19NO. The Hall–Kier alpha value is -0.340. The van der Waals surface area contributed by atoms with E-state index in [1.54, 1.807) is 0 Å². The molecule has 0 aliphatic heterocycles. The molecule has 0 aromatic heterocycles. The van der Waals surface area contributed by atoms with Gasteiger partial charge < -0.3 is 10.0 Å². The minimum Gasteiger partial charge on any atom is -0.391 e. The molecule has 0 saturated carbocycles. The quantitative estimate of drug-likeness (QED) is 0.607. The summed E-state index contributed by atoms with van der Waals surface area (Å²) in [5.74, 6) is 0. The second-order valence-corrected chi connectivity index (χ2v) is 3.22. The van der Waals surface area contributed by atoms with E-state index in [-0.39, 0.29) is 6.10 Å². The van der Waals surface area contributed by atoms with E-state index in [1.807, 2.05) is 19.0 Å². The first-order valence-electron chi connectivity index (χ1n) is 4.05. The van der Waals surface area contributed by atoms with E-state index in [9.17, 15) is 5.11 Å². The molecule has 0 amide bonds. The third-order valence-electron chi connectivity index (χ3n) is 1.60. The number of rotatable bonds is 5. The maximum absolute atomic E-state index is 9.42. The third kappa shape index (κ3) is 6.07. The summed E-state index contributed by atoms with van der Waals surface area (Å²) in [7, 11) is 3.91. The third-order valence-corrected chi connectivity index (χ3v) is 1.60. The van der Waals surface area contributed by atoms with Crippen LogP contribution in [0.4, 0.5) is 0 Å². The first-order chi connectivity index (χ1) is 5.06. The molecule has 0 spiro atoms. The fourth-order valence-corrected chi connectivity index (χ4v) is 0.964. The van der Waals surface area contributed by atoms with Crippen LogP contribution in [0.3, 0.4) is 0 Å². The van der Waals surface area contributed by atoms with Crippen LogP contribution in [0.2, 0.25) is 0 Å². The lowest BCUT2D eigenvalue weighted by Gasteiger charge is -2.16.